The van der Waals surface area contributed by atoms with Gasteiger partial charge < -0.3 is 10.5 Å². The Kier molecular flexibility index (Phi) is 5.85. The lowest BCUT2D eigenvalue weighted by atomic mass is 9.93. The highest BCUT2D eigenvalue weighted by Gasteiger charge is 2.90. The first kappa shape index (κ1) is 23.4. The van der Waals surface area contributed by atoms with E-state index in [0.29, 0.717) is 0 Å². The van der Waals surface area contributed by atoms with Crippen molar-refractivity contribution in [2.24, 2.45) is 5.73 Å². The minimum absolute atomic E-state index is 1.85. The van der Waals surface area contributed by atoms with Crippen molar-refractivity contribution in [2.75, 3.05) is 6.61 Å². The number of ether oxygens (including phenoxy) is 1. The number of hydrogen-bond acceptors (Lipinski definition) is 2. The van der Waals surface area contributed by atoms with E-state index in [2.05, 4.69) is 10.5 Å². The molecule has 0 fully saturated rings. The summed E-state index contributed by atoms with van der Waals surface area (Å²) in [6.45, 7) is -1.85. The fourth-order valence-electron chi connectivity index (χ4n) is 1.24. The summed E-state index contributed by atoms with van der Waals surface area (Å²) in [6, 6.07) is 0. The van der Waals surface area contributed by atoms with Gasteiger partial charge in [-0.3, -0.25) is 0 Å². The Morgan fingerprint density at radius 3 is 1.36 bits per heavy atom. The second-order valence-corrected chi connectivity index (χ2v) is 4.42. The van der Waals surface area contributed by atoms with Crippen molar-refractivity contribution in [1.82, 2.24) is 0 Å². The van der Waals surface area contributed by atoms with Crippen LogP contribution in [0.2, 0.25) is 0 Å². The predicted molar refractivity (Wildman–Crippen MR) is 50.9 cm³/mol. The number of hydrogen-bond donors (Lipinski definition) is 1. The van der Waals surface area contributed by atoms with Gasteiger partial charge in [0.15, 0.2) is 0 Å². The van der Waals surface area contributed by atoms with Crippen LogP contribution < -0.4 is 5.73 Å². The molecule has 25 heavy (non-hydrogen) atoms. The molecule has 0 heterocycles. The summed E-state index contributed by atoms with van der Waals surface area (Å²) < 4.78 is 168. The van der Waals surface area contributed by atoms with Gasteiger partial charge in [0.1, 0.15) is 0 Å². The molecular formula is C9H6F13NO2. The standard InChI is InChI=1S/C9H6F13NO2/c10-4(11,1-2-25-3(23)24)5(12,13)6(14,15)7(16,17)8(18,19)9(20,21)22/h1-2H2,(H2,23,24). The van der Waals surface area contributed by atoms with Gasteiger partial charge in [-0.15, -0.1) is 0 Å². The van der Waals surface area contributed by atoms with E-state index < -0.39 is 54.9 Å². The molecule has 0 atom stereocenters. The highest BCUT2D eigenvalue weighted by molar-refractivity contribution is 5.64. The third-order valence-corrected chi connectivity index (χ3v) is 2.66. The van der Waals surface area contributed by atoms with Crippen molar-refractivity contribution in [3.8, 4) is 0 Å². The van der Waals surface area contributed by atoms with E-state index in [4.69, 9.17) is 0 Å². The van der Waals surface area contributed by atoms with Crippen LogP contribution in [0.1, 0.15) is 6.42 Å². The lowest BCUT2D eigenvalue weighted by Crippen LogP contribution is -2.70. The summed E-state index contributed by atoms with van der Waals surface area (Å²) in [5, 5.41) is 0. The van der Waals surface area contributed by atoms with E-state index in [1.807, 2.05) is 0 Å². The molecule has 0 bridgehead atoms. The van der Waals surface area contributed by atoms with E-state index in [9.17, 15) is 61.9 Å². The zero-order valence-corrected chi connectivity index (χ0v) is 11.2. The minimum Gasteiger partial charge on any atom is -0.449 e. The Morgan fingerprint density at radius 2 is 1.04 bits per heavy atom. The first-order valence-electron chi connectivity index (χ1n) is 5.55. The van der Waals surface area contributed by atoms with Gasteiger partial charge in [-0.05, 0) is 0 Å². The van der Waals surface area contributed by atoms with E-state index in [-0.39, 0.29) is 0 Å². The normalized spacial score (nSPS) is 15.2. The van der Waals surface area contributed by atoms with Crippen LogP contribution in [0, 0.1) is 0 Å². The number of amides is 1. The summed E-state index contributed by atoms with van der Waals surface area (Å²) in [6.07, 6.45) is -12.0. The number of primary amides is 1. The average Bonchev–Trinajstić information content (AvgIpc) is 2.35. The van der Waals surface area contributed by atoms with Crippen molar-refractivity contribution >= 4 is 6.09 Å². The molecule has 0 radical (unpaired) electrons. The summed E-state index contributed by atoms with van der Waals surface area (Å²) in [5.74, 6) is -37.2. The van der Waals surface area contributed by atoms with Crippen molar-refractivity contribution in [3.05, 3.63) is 0 Å². The zero-order valence-electron chi connectivity index (χ0n) is 11.2. The molecule has 1 amide bonds. The second-order valence-electron chi connectivity index (χ2n) is 4.42. The van der Waals surface area contributed by atoms with Crippen molar-refractivity contribution in [2.45, 2.75) is 42.2 Å². The van der Waals surface area contributed by atoms with Crippen molar-refractivity contribution in [1.29, 1.82) is 0 Å². The van der Waals surface area contributed by atoms with Gasteiger partial charge in [-0.1, -0.05) is 0 Å². The number of carbonyl (C=O) groups excluding carboxylic acids is 1. The molecule has 150 valence electrons. The summed E-state index contributed by atoms with van der Waals surface area (Å²) >= 11 is 0. The molecule has 0 spiro atoms. The van der Waals surface area contributed by atoms with Crippen LogP contribution in [-0.2, 0) is 4.74 Å². The molecule has 0 aliphatic rings. The quantitative estimate of drug-likeness (QED) is 0.643. The number of carbonyl (C=O) groups is 1. The Balaban J connectivity index is 5.90. The summed E-state index contributed by atoms with van der Waals surface area (Å²) in [5.41, 5.74) is 4.20. The molecule has 0 aromatic heterocycles. The third kappa shape index (κ3) is 3.65. The maximum absolute atomic E-state index is 13.1. The molecule has 0 aromatic carbocycles. The van der Waals surface area contributed by atoms with Gasteiger partial charge in [0.05, 0.1) is 13.0 Å². The molecule has 0 unspecified atom stereocenters. The third-order valence-electron chi connectivity index (χ3n) is 2.66. The molecule has 0 saturated heterocycles. The van der Waals surface area contributed by atoms with Crippen LogP contribution in [0.15, 0.2) is 0 Å². The molecule has 0 rings (SSSR count). The molecule has 2 N–H and O–H groups in total. The van der Waals surface area contributed by atoms with E-state index in [0.717, 1.165) is 0 Å². The Hall–Kier alpha value is -1.64. The highest BCUT2D eigenvalue weighted by Crippen LogP contribution is 2.60. The second kappa shape index (κ2) is 6.26. The molecule has 0 aliphatic heterocycles. The Labute approximate surface area is 128 Å². The van der Waals surface area contributed by atoms with E-state index in [1.54, 1.807) is 0 Å². The molecular weight excluding hydrogens is 401 g/mol. The largest absolute Gasteiger partial charge is 0.460 e. The Bertz CT molecular complexity index is 498. The molecule has 0 aromatic rings. The van der Waals surface area contributed by atoms with Gasteiger partial charge in [0.2, 0.25) is 0 Å². The molecule has 3 nitrogen and oxygen atoms in total. The number of halogens is 13. The number of nitrogens with two attached hydrogens (primary N) is 1. The monoisotopic (exact) mass is 407 g/mol. The minimum atomic E-state index is -7.95. The SMILES string of the molecule is NC(=O)OCCC(F)(F)C(F)(F)C(F)(F)C(F)(F)C(F)(F)C(F)(F)F. The Morgan fingerprint density at radius 1 is 0.680 bits per heavy atom. The van der Waals surface area contributed by atoms with E-state index in [1.165, 1.54) is 0 Å². The maximum Gasteiger partial charge on any atom is 0.460 e. The summed E-state index contributed by atoms with van der Waals surface area (Å²) in [7, 11) is 0. The topological polar surface area (TPSA) is 52.3 Å². The first-order chi connectivity index (χ1) is 10.7. The summed E-state index contributed by atoms with van der Waals surface area (Å²) in [4.78, 5) is 10.0. The molecule has 0 aliphatic carbocycles. The molecule has 0 saturated carbocycles. The van der Waals surface area contributed by atoms with Gasteiger partial charge in [0, 0.05) is 0 Å². The van der Waals surface area contributed by atoms with Crippen LogP contribution in [0.5, 0.6) is 0 Å². The lowest BCUT2D eigenvalue weighted by molar-refractivity contribution is -0.440. The fraction of sp³-hybridized carbons (Fsp3) is 0.889. The lowest BCUT2D eigenvalue weighted by Gasteiger charge is -2.39. The van der Waals surface area contributed by atoms with Crippen LogP contribution in [-0.4, -0.2) is 48.5 Å². The van der Waals surface area contributed by atoms with Gasteiger partial charge in [0.25, 0.3) is 0 Å². The van der Waals surface area contributed by atoms with Gasteiger partial charge >= 0.3 is 41.9 Å². The molecule has 16 heteroatoms. The van der Waals surface area contributed by atoms with E-state index >= 15 is 0 Å². The van der Waals surface area contributed by atoms with Crippen molar-refractivity contribution < 1.29 is 66.6 Å². The maximum atomic E-state index is 13.1. The van der Waals surface area contributed by atoms with Crippen molar-refractivity contribution in [3.63, 3.8) is 0 Å². The number of alkyl halides is 13. The predicted octanol–water partition coefficient (Wildman–Crippen LogP) is 4.21. The van der Waals surface area contributed by atoms with Crippen LogP contribution >= 0.6 is 0 Å². The highest BCUT2D eigenvalue weighted by atomic mass is 19.4. The van der Waals surface area contributed by atoms with Gasteiger partial charge in [-0.25, -0.2) is 4.79 Å². The smallest absolute Gasteiger partial charge is 0.449 e. The van der Waals surface area contributed by atoms with Crippen LogP contribution in [0.25, 0.3) is 0 Å². The number of rotatable bonds is 7. The average molecular weight is 407 g/mol. The zero-order chi connectivity index (χ0) is 20.7. The first-order valence-corrected chi connectivity index (χ1v) is 5.55. The van der Waals surface area contributed by atoms with Gasteiger partial charge in [-0.2, -0.15) is 57.1 Å². The van der Waals surface area contributed by atoms with Crippen LogP contribution in [0.3, 0.4) is 0 Å². The van der Waals surface area contributed by atoms with Crippen LogP contribution in [0.4, 0.5) is 61.9 Å². The fourth-order valence-corrected chi connectivity index (χ4v) is 1.24.